The predicted octanol–water partition coefficient (Wildman–Crippen LogP) is 7.17. The number of carbonyl (C=O) groups is 4. The van der Waals surface area contributed by atoms with E-state index in [1.807, 2.05) is 42.5 Å². The third-order valence-corrected chi connectivity index (χ3v) is 16.3. The summed E-state index contributed by atoms with van der Waals surface area (Å²) in [7, 11) is 0. The lowest BCUT2D eigenvalue weighted by Crippen LogP contribution is -2.50. The number of fused-ring (bicyclic) bond motifs is 2. The topological polar surface area (TPSA) is 234 Å². The smallest absolute Gasteiger partial charge is 0.261 e. The average Bonchev–Trinajstić information content (AvgIpc) is 4.36. The Balaban J connectivity index is 0.000000203. The summed E-state index contributed by atoms with van der Waals surface area (Å²) in [6, 6.07) is 30.7. The van der Waals surface area contributed by atoms with Gasteiger partial charge in [0.25, 0.3) is 23.6 Å². The second kappa shape index (κ2) is 32.5. The van der Waals surface area contributed by atoms with Crippen molar-refractivity contribution in [1.29, 1.82) is 0 Å². The number of nitrogens with one attached hydrogen (secondary N) is 1. The first-order valence-electron chi connectivity index (χ1n) is 25.8. The summed E-state index contributed by atoms with van der Waals surface area (Å²) in [5, 5.41) is 26.9. The number of anilines is 3. The Morgan fingerprint density at radius 2 is 0.827 bits per heavy atom. The molecule has 18 nitrogen and oxygen atoms in total. The van der Waals surface area contributed by atoms with Gasteiger partial charge in [0.15, 0.2) is 0 Å². The molecular formula is C56H70Cl7N11O7. The van der Waals surface area contributed by atoms with Crippen molar-refractivity contribution in [3.05, 3.63) is 156 Å². The van der Waals surface area contributed by atoms with Crippen molar-refractivity contribution >= 4 is 123 Å². The molecule has 6 aliphatic heterocycles. The first-order chi connectivity index (χ1) is 38.1. The number of benzene rings is 5. The summed E-state index contributed by atoms with van der Waals surface area (Å²) in [6.45, 7) is 12.8. The third kappa shape index (κ3) is 17.5. The fourth-order valence-electron chi connectivity index (χ4n) is 9.58. The molecule has 5 aromatic carbocycles. The number of aliphatic hydroxyl groups excluding tert-OH is 2. The number of nitrogens with zero attached hydrogens (tertiary/aromatic N) is 7. The van der Waals surface area contributed by atoms with Gasteiger partial charge in [-0.1, -0.05) is 119 Å². The molecule has 6 aliphatic rings. The maximum absolute atomic E-state index is 12.4. The number of nitrogens with two attached hydrogens (primary N) is 3. The quantitative estimate of drug-likeness (QED) is 0.0315. The van der Waals surface area contributed by atoms with E-state index >= 15 is 0 Å². The highest BCUT2D eigenvalue weighted by Crippen LogP contribution is 2.35. The summed E-state index contributed by atoms with van der Waals surface area (Å²) in [5.74, 6) is 6.91. The zero-order valence-electron chi connectivity index (χ0n) is 43.7. The summed E-state index contributed by atoms with van der Waals surface area (Å²) in [6.07, 6.45) is -1.20. The number of hydrazine groups is 1. The average molecular weight is 1260 g/mol. The molecule has 81 heavy (non-hydrogen) atoms. The lowest BCUT2D eigenvalue weighted by atomic mass is 10.1. The van der Waals surface area contributed by atoms with Crippen molar-refractivity contribution < 1.29 is 34.1 Å². The molecule has 0 spiro atoms. The molecule has 0 saturated carbocycles. The zero-order chi connectivity index (χ0) is 56.8. The van der Waals surface area contributed by atoms with Crippen molar-refractivity contribution in [2.24, 2.45) is 17.4 Å². The molecule has 6 heterocycles. The molecule has 440 valence electrons. The molecule has 3 atom stereocenters. The molecule has 4 amide bonds. The van der Waals surface area contributed by atoms with Crippen LogP contribution in [0.2, 0.25) is 30.1 Å². The number of amides is 4. The number of rotatable bonds is 12. The fourth-order valence-corrected chi connectivity index (χ4v) is 10.8. The van der Waals surface area contributed by atoms with E-state index in [1.54, 1.807) is 60.7 Å². The molecule has 0 aromatic heterocycles. The van der Waals surface area contributed by atoms with Gasteiger partial charge < -0.3 is 40.7 Å². The molecule has 3 unspecified atom stereocenters. The van der Waals surface area contributed by atoms with E-state index in [4.69, 9.17) is 80.1 Å². The predicted molar refractivity (Wildman–Crippen MR) is 329 cm³/mol. The number of hydrogen-bond donors (Lipinski definition) is 6. The molecule has 4 saturated heterocycles. The van der Waals surface area contributed by atoms with Gasteiger partial charge in [-0.15, -0.1) is 12.4 Å². The van der Waals surface area contributed by atoms with Crippen molar-refractivity contribution in [3.8, 4) is 0 Å². The Kier molecular flexibility index (Phi) is 27.0. The van der Waals surface area contributed by atoms with Crippen LogP contribution in [0.5, 0.6) is 0 Å². The van der Waals surface area contributed by atoms with E-state index in [2.05, 4.69) is 41.5 Å². The lowest BCUT2D eigenvalue weighted by molar-refractivity contribution is 0.0468. The van der Waals surface area contributed by atoms with Crippen LogP contribution in [0, 0.1) is 0 Å². The van der Waals surface area contributed by atoms with Crippen LogP contribution in [0.4, 0.5) is 17.1 Å². The number of imide groups is 2. The first kappa shape index (κ1) is 67.2. The Morgan fingerprint density at radius 1 is 0.494 bits per heavy atom. The summed E-state index contributed by atoms with van der Waals surface area (Å²) in [5.41, 5.74) is 10.2. The second-order valence-corrected chi connectivity index (χ2v) is 21.4. The van der Waals surface area contributed by atoms with Gasteiger partial charge in [-0.05, 0) is 60.7 Å². The Morgan fingerprint density at radius 3 is 1.17 bits per heavy atom. The van der Waals surface area contributed by atoms with Gasteiger partial charge in [-0.25, -0.2) is 0 Å². The summed E-state index contributed by atoms with van der Waals surface area (Å²) in [4.78, 5) is 61.9. The van der Waals surface area contributed by atoms with Crippen molar-refractivity contribution in [2.75, 3.05) is 133 Å². The number of piperazine rings is 3. The molecule has 0 radical (unpaired) electrons. The lowest BCUT2D eigenvalue weighted by Gasteiger charge is -2.37. The van der Waals surface area contributed by atoms with Gasteiger partial charge in [0, 0.05) is 98.2 Å². The monoisotopic (exact) mass is 1250 g/mol. The summed E-state index contributed by atoms with van der Waals surface area (Å²) >= 11 is 36.8. The molecule has 11 rings (SSSR count). The molecule has 5 aromatic rings. The van der Waals surface area contributed by atoms with Gasteiger partial charge in [-0.2, -0.15) is 0 Å². The fraction of sp³-hybridized carbons (Fsp3) is 0.393. The number of aliphatic hydroxyl groups is 2. The number of carbonyl (C=O) groups excluding carboxylic acids is 4. The zero-order valence-corrected chi connectivity index (χ0v) is 49.1. The number of β-amino-alcohol motifs (C(OH)–C–C–N with tert-alkyl or cyclic N) is 2. The minimum absolute atomic E-state index is 0. The van der Waals surface area contributed by atoms with Crippen LogP contribution in [-0.2, 0) is 4.74 Å². The Hall–Kier alpha value is -4.55. The van der Waals surface area contributed by atoms with Gasteiger partial charge in [-0.3, -0.25) is 50.5 Å². The largest absolute Gasteiger partial charge is 0.390 e. The first-order valence-corrected chi connectivity index (χ1v) is 28.0. The van der Waals surface area contributed by atoms with Crippen molar-refractivity contribution in [2.45, 2.75) is 25.7 Å². The standard InChI is InChI=1S/C21H21Cl2N3O3.C13H19Cl2N3O.C11H9NO3.C10H12Cl2N2.CH4.ClH.H4N2/c22-17-6-3-7-18(19(17)23)25-10-8-24(9-11-25)12-14(27)13-26-20(28)15-4-1-2-5-16(15)21(26)29;14-11-2-1-3-12(13(11)15)18-6-4-17(5-7-18)9-10(19)8-16;13-10-8-3-1-2-4-9(8)11(14)12(10)5-7-6-15-7;11-8-2-1-3-9(10(8)12)14-6-4-13-5-7-14;;;1-2/h1-7,14,27H,8-13H2;1-3,10,19H,4-9,16H2;1-4,7H,5-6H2;1-3,13H,4-7H2;1H4;1H;1-2H2. The van der Waals surface area contributed by atoms with Gasteiger partial charge in [0.05, 0.1) is 107 Å². The van der Waals surface area contributed by atoms with E-state index in [1.165, 1.54) is 4.90 Å². The van der Waals surface area contributed by atoms with E-state index in [9.17, 15) is 29.4 Å². The number of ether oxygens (including phenoxy) is 1. The number of halogens is 7. The van der Waals surface area contributed by atoms with Crippen LogP contribution in [0.25, 0.3) is 0 Å². The molecule has 0 aliphatic carbocycles. The van der Waals surface area contributed by atoms with E-state index in [-0.39, 0.29) is 56.1 Å². The third-order valence-electron chi connectivity index (χ3n) is 13.8. The molecule has 0 bridgehead atoms. The van der Waals surface area contributed by atoms with Gasteiger partial charge in [0.2, 0.25) is 0 Å². The van der Waals surface area contributed by atoms with E-state index in [0.717, 1.165) is 100 Å². The van der Waals surface area contributed by atoms with E-state index in [0.29, 0.717) is 85.2 Å². The van der Waals surface area contributed by atoms with Crippen molar-refractivity contribution in [3.63, 3.8) is 0 Å². The normalized spacial score (nSPS) is 18.3. The SMILES string of the molecule is C.Cl.Clc1cccc(N2CCNCC2)c1Cl.NCC(O)CN1CCN(c2cccc(Cl)c2Cl)CC1.NN.O=C1c2ccccc2C(=O)N1CC(O)CN1CCN(c2cccc(Cl)c2Cl)CC1.O=C1c2ccccc2C(=O)N1CC1CO1. The summed E-state index contributed by atoms with van der Waals surface area (Å²) < 4.78 is 5.02. The molecule has 25 heteroatoms. The minimum atomic E-state index is -0.807. The maximum Gasteiger partial charge on any atom is 0.261 e. The highest BCUT2D eigenvalue weighted by molar-refractivity contribution is 6.45. The second-order valence-electron chi connectivity index (χ2n) is 19.1. The number of hydrogen-bond acceptors (Lipinski definition) is 16. The van der Waals surface area contributed by atoms with Gasteiger partial charge in [0.1, 0.15) is 0 Å². The Bertz CT molecular complexity index is 2820. The van der Waals surface area contributed by atoms with Crippen LogP contribution >= 0.6 is 82.0 Å². The highest BCUT2D eigenvalue weighted by atomic mass is 35.5. The van der Waals surface area contributed by atoms with Crippen LogP contribution in [0.1, 0.15) is 48.9 Å². The number of epoxide rings is 1. The van der Waals surface area contributed by atoms with Crippen LogP contribution < -0.4 is 37.4 Å². The van der Waals surface area contributed by atoms with Crippen LogP contribution in [0.3, 0.4) is 0 Å². The van der Waals surface area contributed by atoms with Gasteiger partial charge >= 0.3 is 0 Å². The van der Waals surface area contributed by atoms with E-state index < -0.39 is 12.2 Å². The molecular weight excluding hydrogens is 1190 g/mol. The van der Waals surface area contributed by atoms with Crippen LogP contribution in [-0.4, -0.2) is 190 Å². The maximum atomic E-state index is 12.4. The minimum Gasteiger partial charge on any atom is -0.390 e. The highest BCUT2D eigenvalue weighted by Gasteiger charge is 2.39. The molecule has 4 fully saturated rings. The van der Waals surface area contributed by atoms with Crippen molar-refractivity contribution in [1.82, 2.24) is 24.9 Å². The Labute approximate surface area is 509 Å². The van der Waals surface area contributed by atoms with Crippen LogP contribution in [0.15, 0.2) is 103 Å². The molecule has 9 N–H and O–H groups in total.